The zero-order chi connectivity index (χ0) is 91.0. The van der Waals surface area contributed by atoms with E-state index < -0.39 is 0 Å². The Bertz CT molecular complexity index is 5920. The Balaban J connectivity index is 0.000000268. The van der Waals surface area contributed by atoms with Gasteiger partial charge in [0, 0.05) is 175 Å². The standard InChI is InChI=1S/3C22H20N.C20H16N.C11H20O2.3C5H8O2.4Ir/c1-14-9-15(2)11-16(10-14)21-12-20-18(13-23-21)17-7-5-6-8-19(17)22(20,3)4;1-14-9-15(2)11-16(10-14)21-12-18-17-7-5-6-8-19(17)22(3,4)20(18)13-23-21;1-14-11-15(2)13-16(12-14)21-20-18(9-10-23-21)17-7-5-6-8-19(17)22(20,3)4;1-20(2)17-11-7-6-10-15(17)16-13-21-19(12-18(16)20)14-8-4-3-5-9-14;1-8(2)5-10(12)7-11(13)6-9(3)4;3*1-4(6)3-5(2)7;;;;/h2*5-10,12-13H,1-4H3;5-12H,1-4H3;3-8,10-13H,1-2H3;7-9,12H,5-6H2,1-4H3;3*3,6H,1-2H3;;;;/q4*-1;;;;;;;;. The van der Waals surface area contributed by atoms with Crippen molar-refractivity contribution in [1.82, 2.24) is 19.9 Å². The number of ketones is 4. The Kier molecular flexibility index (Phi) is 40.1. The van der Waals surface area contributed by atoms with Crippen LogP contribution in [0.25, 0.3) is 89.5 Å². The third-order valence-electron chi connectivity index (χ3n) is 21.9. The van der Waals surface area contributed by atoms with Crippen molar-refractivity contribution in [3.05, 3.63) is 356 Å². The summed E-state index contributed by atoms with van der Waals surface area (Å²) >= 11 is 0. The van der Waals surface area contributed by atoms with E-state index in [4.69, 9.17) is 30.3 Å². The molecule has 0 amide bonds. The van der Waals surface area contributed by atoms with Gasteiger partial charge in [0.25, 0.3) is 0 Å². The average Bonchev–Trinajstić information content (AvgIpc) is 1.58. The van der Waals surface area contributed by atoms with Crippen LogP contribution in [-0.2, 0) is 121 Å². The molecule has 12 aromatic rings. The second kappa shape index (κ2) is 47.4. The van der Waals surface area contributed by atoms with E-state index in [-0.39, 0.29) is 148 Å². The first kappa shape index (κ1) is 108. The smallest absolute Gasteiger partial charge is 0.159 e. The summed E-state index contributed by atoms with van der Waals surface area (Å²) in [5.41, 5.74) is 36.9. The van der Waals surface area contributed by atoms with Crippen molar-refractivity contribution in [2.24, 2.45) is 11.8 Å². The molecule has 8 aromatic carbocycles. The number of carbonyl (C=O) groups excluding carboxylic acids is 4. The molecule has 0 fully saturated rings. The molecule has 4 heterocycles. The molecule has 676 valence electrons. The van der Waals surface area contributed by atoms with Gasteiger partial charge in [0.1, 0.15) is 0 Å². The van der Waals surface area contributed by atoms with E-state index in [1.807, 2.05) is 64.5 Å². The molecule has 4 N–H and O–H groups in total. The fourth-order valence-corrected chi connectivity index (χ4v) is 16.8. The number of fused-ring (bicyclic) bond motifs is 12. The second-order valence-corrected chi connectivity index (χ2v) is 35.6. The number of aromatic nitrogens is 4. The molecule has 0 aliphatic heterocycles. The molecule has 4 radical (unpaired) electrons. The Morgan fingerprint density at radius 3 is 1.06 bits per heavy atom. The van der Waals surface area contributed by atoms with Crippen LogP contribution in [0.15, 0.2) is 254 Å². The number of allylic oxidation sites excluding steroid dienone is 8. The monoisotopic (exact) mass is 2420 g/mol. The molecule has 0 saturated carbocycles. The third kappa shape index (κ3) is 27.7. The van der Waals surface area contributed by atoms with E-state index in [9.17, 15) is 24.3 Å². The molecule has 4 aliphatic carbocycles. The maximum absolute atomic E-state index is 11.2. The number of nitrogens with zero attached hydrogens (tertiary/aromatic N) is 4. The predicted octanol–water partition coefficient (Wildman–Crippen LogP) is 27.5. The minimum Gasteiger partial charge on any atom is -0.512 e. The van der Waals surface area contributed by atoms with Gasteiger partial charge in [0.2, 0.25) is 0 Å². The summed E-state index contributed by atoms with van der Waals surface area (Å²) in [6, 6.07) is 78.2. The summed E-state index contributed by atoms with van der Waals surface area (Å²) in [5, 5.41) is 34.4. The first-order valence-corrected chi connectivity index (χ1v) is 42.4. The van der Waals surface area contributed by atoms with Crippen molar-refractivity contribution < 1.29 is 120 Å². The minimum atomic E-state index is -0.125. The third-order valence-corrected chi connectivity index (χ3v) is 21.9. The van der Waals surface area contributed by atoms with Gasteiger partial charge in [-0.3, -0.25) is 19.2 Å². The maximum atomic E-state index is 11.2. The molecule has 16 rings (SSSR count). The van der Waals surface area contributed by atoms with Crippen LogP contribution in [0, 0.1) is 77.6 Å². The number of rotatable bonds is 12. The molecule has 128 heavy (non-hydrogen) atoms. The number of aryl methyl sites for hydroxylation is 6. The Labute approximate surface area is 814 Å². The molecule has 0 unspecified atom stereocenters. The van der Waals surface area contributed by atoms with Gasteiger partial charge in [0.05, 0.1) is 23.0 Å². The van der Waals surface area contributed by atoms with Crippen LogP contribution >= 0.6 is 0 Å². The van der Waals surface area contributed by atoms with E-state index in [0.29, 0.717) is 24.7 Å². The number of aliphatic hydroxyl groups is 4. The molecule has 4 aliphatic rings. The van der Waals surface area contributed by atoms with Crippen LogP contribution < -0.4 is 0 Å². The van der Waals surface area contributed by atoms with Crippen molar-refractivity contribution in [3.63, 3.8) is 0 Å². The van der Waals surface area contributed by atoms with Crippen molar-refractivity contribution in [3.8, 4) is 89.5 Å². The fourth-order valence-electron chi connectivity index (χ4n) is 16.8. The van der Waals surface area contributed by atoms with E-state index in [1.54, 1.807) is 0 Å². The van der Waals surface area contributed by atoms with Gasteiger partial charge in [-0.25, -0.2) is 0 Å². The molecule has 16 heteroatoms. The Morgan fingerprint density at radius 2 is 0.688 bits per heavy atom. The van der Waals surface area contributed by atoms with Crippen molar-refractivity contribution in [2.45, 2.75) is 201 Å². The largest absolute Gasteiger partial charge is 0.512 e. The number of pyridine rings is 4. The van der Waals surface area contributed by atoms with E-state index >= 15 is 0 Å². The maximum Gasteiger partial charge on any atom is 0.159 e. The SMILES string of the molecule is CC(=O)C=C(C)O.CC(=O)C=C(C)O.CC(=O)C=C(C)O.CC(C)CC(=O)C=C(O)CC(C)C.CC1(C)c2ccccc2-c2cnc(-c3[c-]cccc3)cc21.Cc1[c-]c(-c2cc3c(cn2)-c2ccccc2C3(C)C)cc(C)c1.Cc1[c-]c(-c2cc3c(cn2)C(C)(C)c2ccccc2-3)cc(C)c1.Cc1[c-]c(-c2nccc3c2C(C)(C)c2ccccc2-3)cc(C)c1.[Ir].[Ir].[Ir].[Ir]. The van der Waals surface area contributed by atoms with Crippen LogP contribution in [0.5, 0.6) is 0 Å². The summed E-state index contributed by atoms with van der Waals surface area (Å²) in [5.74, 6) is 0.792. The quantitative estimate of drug-likeness (QED) is 0.0513. The van der Waals surface area contributed by atoms with Gasteiger partial charge in [0.15, 0.2) is 23.1 Å². The minimum absolute atomic E-state index is 0. The van der Waals surface area contributed by atoms with Crippen LogP contribution in [0.1, 0.15) is 215 Å². The zero-order valence-corrected chi connectivity index (χ0v) is 87.6. The van der Waals surface area contributed by atoms with Gasteiger partial charge < -0.3 is 40.4 Å². The topological polar surface area (TPSA) is 201 Å². The van der Waals surface area contributed by atoms with Crippen molar-refractivity contribution in [1.29, 1.82) is 0 Å². The number of hydrogen-bond donors (Lipinski definition) is 4. The van der Waals surface area contributed by atoms with Gasteiger partial charge in [-0.15, -0.1) is 141 Å². The molecule has 0 saturated heterocycles. The van der Waals surface area contributed by atoms with Gasteiger partial charge in [-0.2, -0.15) is 0 Å². The number of aliphatic hydroxyl groups excluding tert-OH is 4. The van der Waals surface area contributed by atoms with E-state index in [2.05, 4.69) is 296 Å². The summed E-state index contributed by atoms with van der Waals surface area (Å²) < 4.78 is 0. The molecule has 0 spiro atoms. The van der Waals surface area contributed by atoms with Gasteiger partial charge in [-0.1, -0.05) is 240 Å². The van der Waals surface area contributed by atoms with Crippen LogP contribution in [-0.4, -0.2) is 63.5 Å². The summed E-state index contributed by atoms with van der Waals surface area (Å²) in [6.07, 6.45) is 14.0. The normalized spacial score (nSPS) is 13.3. The predicted molar refractivity (Wildman–Crippen MR) is 509 cm³/mol. The second-order valence-electron chi connectivity index (χ2n) is 35.6. The van der Waals surface area contributed by atoms with Gasteiger partial charge >= 0.3 is 0 Å². The summed E-state index contributed by atoms with van der Waals surface area (Å²) in [4.78, 5) is 60.2. The van der Waals surface area contributed by atoms with E-state index in [1.165, 1.54) is 172 Å². The fraction of sp³-hybridized carbons (Fsp3) is 0.286. The number of hydrogen-bond acceptors (Lipinski definition) is 12. The van der Waals surface area contributed by atoms with Crippen LogP contribution in [0.4, 0.5) is 0 Å². The summed E-state index contributed by atoms with van der Waals surface area (Å²) in [7, 11) is 0. The molecular weight excluding hydrogens is 2300 g/mol. The van der Waals surface area contributed by atoms with Crippen molar-refractivity contribution in [2.75, 3.05) is 0 Å². The average molecular weight is 2420 g/mol. The molecule has 12 nitrogen and oxygen atoms in total. The molecule has 4 aromatic heterocycles. The van der Waals surface area contributed by atoms with Crippen LogP contribution in [0.2, 0.25) is 0 Å². The summed E-state index contributed by atoms with van der Waals surface area (Å²) in [6.45, 7) is 47.5. The zero-order valence-electron chi connectivity index (χ0n) is 78.1. The Morgan fingerprint density at radius 1 is 0.344 bits per heavy atom. The van der Waals surface area contributed by atoms with Crippen molar-refractivity contribution >= 4 is 23.1 Å². The Hall–Kier alpha value is -10.2. The molecular formula is C112H120Ir4N4O8-4. The number of benzene rings is 8. The first-order valence-electron chi connectivity index (χ1n) is 42.4. The first-order chi connectivity index (χ1) is 58.4. The van der Waals surface area contributed by atoms with Crippen LogP contribution in [0.3, 0.4) is 0 Å². The molecule has 0 atom stereocenters. The van der Waals surface area contributed by atoms with Gasteiger partial charge in [-0.05, 0) is 160 Å². The number of carbonyl (C=O) groups is 4. The van der Waals surface area contributed by atoms with E-state index in [0.717, 1.165) is 61.7 Å². The molecule has 0 bridgehead atoms.